The van der Waals surface area contributed by atoms with E-state index in [0.29, 0.717) is 21.6 Å². The Bertz CT molecular complexity index is 1040. The lowest BCUT2D eigenvalue weighted by molar-refractivity contribution is 0.0997. The average Bonchev–Trinajstić information content (AvgIpc) is 3.33. The highest BCUT2D eigenvalue weighted by Gasteiger charge is 2.15. The van der Waals surface area contributed by atoms with Gasteiger partial charge in [0.2, 0.25) is 0 Å². The number of amides is 1. The number of pyridine rings is 1. The Morgan fingerprint density at radius 3 is 2.65 bits per heavy atom. The van der Waals surface area contributed by atoms with Crippen LogP contribution >= 0.6 is 22.9 Å². The number of anilines is 1. The fraction of sp³-hybridized carbons (Fsp3) is 0. The third-order valence-electron chi connectivity index (χ3n) is 3.61. The normalized spacial score (nSPS) is 10.7. The van der Waals surface area contributed by atoms with E-state index in [2.05, 4.69) is 15.3 Å². The van der Waals surface area contributed by atoms with Gasteiger partial charge in [-0.1, -0.05) is 17.7 Å². The van der Waals surface area contributed by atoms with Crippen molar-refractivity contribution >= 4 is 34.0 Å². The minimum absolute atomic E-state index is 0.213. The number of carbonyl (C=O) groups is 1. The number of rotatable bonds is 4. The quantitative estimate of drug-likeness (QED) is 0.516. The zero-order chi connectivity index (χ0) is 17.9. The largest absolute Gasteiger partial charge is 0.451 e. The predicted octanol–water partition coefficient (Wildman–Crippen LogP) is 5.37. The van der Waals surface area contributed by atoms with Crippen LogP contribution in [0.2, 0.25) is 5.02 Å². The Balaban J connectivity index is 1.49. The van der Waals surface area contributed by atoms with Crippen molar-refractivity contribution in [3.63, 3.8) is 0 Å². The molecule has 3 aromatic heterocycles. The highest BCUT2D eigenvalue weighted by Crippen LogP contribution is 2.26. The number of nitrogens with one attached hydrogen (secondary N) is 1. The zero-order valence-corrected chi connectivity index (χ0v) is 14.9. The molecule has 0 aliphatic heterocycles. The topological polar surface area (TPSA) is 68.0 Å². The van der Waals surface area contributed by atoms with Gasteiger partial charge in [0.1, 0.15) is 11.5 Å². The summed E-state index contributed by atoms with van der Waals surface area (Å²) in [4.78, 5) is 21.0. The van der Waals surface area contributed by atoms with Crippen LogP contribution in [0.3, 0.4) is 0 Å². The van der Waals surface area contributed by atoms with Crippen molar-refractivity contribution in [2.75, 3.05) is 5.32 Å². The number of nitrogens with zero attached hydrogens (tertiary/aromatic N) is 2. The van der Waals surface area contributed by atoms with Crippen molar-refractivity contribution in [3.05, 3.63) is 77.0 Å². The van der Waals surface area contributed by atoms with Crippen LogP contribution in [-0.4, -0.2) is 15.9 Å². The Morgan fingerprint density at radius 1 is 1.04 bits per heavy atom. The molecule has 0 spiro atoms. The third kappa shape index (κ3) is 3.51. The first-order valence-electron chi connectivity index (χ1n) is 7.73. The zero-order valence-electron chi connectivity index (χ0n) is 13.3. The van der Waals surface area contributed by atoms with Gasteiger partial charge in [-0.3, -0.25) is 15.1 Å². The fourth-order valence-corrected chi connectivity index (χ4v) is 3.18. The second-order valence-electron chi connectivity index (χ2n) is 5.38. The second-order valence-corrected chi connectivity index (χ2v) is 6.67. The predicted molar refractivity (Wildman–Crippen MR) is 102 cm³/mol. The van der Waals surface area contributed by atoms with Gasteiger partial charge in [-0.25, -0.2) is 4.98 Å². The van der Waals surface area contributed by atoms with E-state index >= 15 is 0 Å². The maximum Gasteiger partial charge on any atom is 0.293 e. The molecule has 26 heavy (non-hydrogen) atoms. The first-order valence-corrected chi connectivity index (χ1v) is 8.99. The minimum Gasteiger partial charge on any atom is -0.451 e. The van der Waals surface area contributed by atoms with Gasteiger partial charge in [-0.15, -0.1) is 11.3 Å². The molecule has 0 saturated heterocycles. The van der Waals surface area contributed by atoms with Gasteiger partial charge in [-0.2, -0.15) is 0 Å². The van der Waals surface area contributed by atoms with Crippen LogP contribution in [0.5, 0.6) is 0 Å². The molecule has 0 saturated carbocycles. The molecular weight excluding hydrogens is 370 g/mol. The van der Waals surface area contributed by atoms with Gasteiger partial charge in [0.25, 0.3) is 5.91 Å². The van der Waals surface area contributed by atoms with Gasteiger partial charge < -0.3 is 4.42 Å². The smallest absolute Gasteiger partial charge is 0.293 e. The van der Waals surface area contributed by atoms with Gasteiger partial charge >= 0.3 is 0 Å². The van der Waals surface area contributed by atoms with Crippen molar-refractivity contribution < 1.29 is 9.21 Å². The van der Waals surface area contributed by atoms with Crippen LogP contribution in [-0.2, 0) is 0 Å². The summed E-state index contributed by atoms with van der Waals surface area (Å²) >= 11 is 7.22. The van der Waals surface area contributed by atoms with Gasteiger partial charge in [-0.05, 0) is 48.5 Å². The van der Waals surface area contributed by atoms with Crippen molar-refractivity contribution in [3.8, 4) is 22.7 Å². The molecular formula is C19H12ClN3O2S. The standard InChI is InChI=1S/C19H12ClN3O2S/c20-13-6-4-12(5-7-13)16-8-9-17(25-16)18(24)23-19-22-15(11-26-19)14-3-1-2-10-21-14/h1-11H,(H,22,23,24). The Kier molecular flexibility index (Phi) is 4.51. The molecule has 7 heteroatoms. The molecule has 0 bridgehead atoms. The van der Waals surface area contributed by atoms with E-state index in [4.69, 9.17) is 16.0 Å². The van der Waals surface area contributed by atoms with Gasteiger partial charge in [0.05, 0.1) is 5.69 Å². The molecule has 128 valence electrons. The van der Waals surface area contributed by atoms with E-state index in [9.17, 15) is 4.79 Å². The molecule has 0 fully saturated rings. The van der Waals surface area contributed by atoms with Crippen molar-refractivity contribution in [1.82, 2.24) is 9.97 Å². The summed E-state index contributed by atoms with van der Waals surface area (Å²) in [6, 6.07) is 16.2. The van der Waals surface area contributed by atoms with E-state index in [0.717, 1.165) is 11.3 Å². The highest BCUT2D eigenvalue weighted by atomic mass is 35.5. The molecule has 0 aliphatic rings. The Hall–Kier alpha value is -2.96. The lowest BCUT2D eigenvalue weighted by atomic mass is 10.2. The summed E-state index contributed by atoms with van der Waals surface area (Å²) in [5.74, 6) is 0.455. The van der Waals surface area contributed by atoms with E-state index in [1.165, 1.54) is 11.3 Å². The highest BCUT2D eigenvalue weighted by molar-refractivity contribution is 7.14. The molecule has 4 aromatic rings. The number of hydrogen-bond acceptors (Lipinski definition) is 5. The number of hydrogen-bond donors (Lipinski definition) is 1. The summed E-state index contributed by atoms with van der Waals surface area (Å²) < 4.78 is 5.64. The molecule has 1 aromatic carbocycles. The molecule has 1 amide bonds. The molecule has 1 N–H and O–H groups in total. The lowest BCUT2D eigenvalue weighted by Crippen LogP contribution is -2.10. The van der Waals surface area contributed by atoms with Crippen LogP contribution in [0.1, 0.15) is 10.6 Å². The Labute approximate surface area is 158 Å². The number of benzene rings is 1. The maximum absolute atomic E-state index is 12.4. The molecule has 5 nitrogen and oxygen atoms in total. The number of furan rings is 1. The van der Waals surface area contributed by atoms with Crippen LogP contribution in [0.4, 0.5) is 5.13 Å². The molecule has 0 unspecified atom stereocenters. The van der Waals surface area contributed by atoms with Gasteiger partial charge in [0, 0.05) is 22.2 Å². The number of halogens is 1. The van der Waals surface area contributed by atoms with Crippen LogP contribution in [0, 0.1) is 0 Å². The van der Waals surface area contributed by atoms with E-state index in [1.807, 2.05) is 35.7 Å². The lowest BCUT2D eigenvalue weighted by Gasteiger charge is -1.99. The van der Waals surface area contributed by atoms with E-state index in [-0.39, 0.29) is 11.7 Å². The number of thiazole rings is 1. The Morgan fingerprint density at radius 2 is 1.88 bits per heavy atom. The maximum atomic E-state index is 12.4. The van der Waals surface area contributed by atoms with E-state index < -0.39 is 0 Å². The summed E-state index contributed by atoms with van der Waals surface area (Å²) in [7, 11) is 0. The van der Waals surface area contributed by atoms with Crippen molar-refractivity contribution in [2.45, 2.75) is 0 Å². The third-order valence-corrected chi connectivity index (χ3v) is 4.62. The molecule has 0 radical (unpaired) electrons. The van der Waals surface area contributed by atoms with Crippen LogP contribution < -0.4 is 5.32 Å². The average molecular weight is 382 g/mol. The molecule has 0 atom stereocenters. The first kappa shape index (κ1) is 16.5. The van der Waals surface area contributed by atoms with E-state index in [1.54, 1.807) is 30.5 Å². The number of aromatic nitrogens is 2. The molecule has 4 rings (SSSR count). The van der Waals surface area contributed by atoms with Crippen molar-refractivity contribution in [2.24, 2.45) is 0 Å². The molecule has 0 aliphatic carbocycles. The van der Waals surface area contributed by atoms with Crippen molar-refractivity contribution in [1.29, 1.82) is 0 Å². The summed E-state index contributed by atoms with van der Waals surface area (Å²) in [5, 5.41) is 5.72. The SMILES string of the molecule is O=C(Nc1nc(-c2ccccn2)cs1)c1ccc(-c2ccc(Cl)cc2)o1. The first-order chi connectivity index (χ1) is 12.7. The summed E-state index contributed by atoms with van der Waals surface area (Å²) in [5.41, 5.74) is 2.32. The summed E-state index contributed by atoms with van der Waals surface area (Å²) in [6.45, 7) is 0. The van der Waals surface area contributed by atoms with Gasteiger partial charge in [0.15, 0.2) is 10.9 Å². The minimum atomic E-state index is -0.355. The van der Waals surface area contributed by atoms with Crippen LogP contribution in [0.15, 0.2) is 70.6 Å². The fourth-order valence-electron chi connectivity index (χ4n) is 2.35. The number of carbonyl (C=O) groups excluding carboxylic acids is 1. The van der Waals surface area contributed by atoms with Crippen LogP contribution in [0.25, 0.3) is 22.7 Å². The summed E-state index contributed by atoms with van der Waals surface area (Å²) in [6.07, 6.45) is 1.70. The second kappa shape index (κ2) is 7.11. The monoisotopic (exact) mass is 381 g/mol. The molecule has 3 heterocycles.